The van der Waals surface area contributed by atoms with Crippen LogP contribution in [0.25, 0.3) is 16.9 Å². The maximum Gasteiger partial charge on any atom is 0.207 e. The van der Waals surface area contributed by atoms with Gasteiger partial charge in [0.05, 0.1) is 18.5 Å². The molecular formula is C14H17N5O. The number of aromatic nitrogens is 4. The standard InChI is InChI=1S/C14H17N5O/c1-8-5-6-11(20-4)10(7-8)19-13-12(16-14(19)15)9(2)17-18(13)3/h5-7H,1-4H3,(H2,15,16). The fourth-order valence-electron chi connectivity index (χ4n) is 2.50. The highest BCUT2D eigenvalue weighted by Crippen LogP contribution is 2.31. The van der Waals surface area contributed by atoms with Gasteiger partial charge in [-0.25, -0.2) is 9.67 Å². The summed E-state index contributed by atoms with van der Waals surface area (Å²) in [4.78, 5) is 4.42. The van der Waals surface area contributed by atoms with Crippen LogP contribution in [0.1, 0.15) is 11.3 Å². The van der Waals surface area contributed by atoms with E-state index in [1.54, 1.807) is 11.8 Å². The van der Waals surface area contributed by atoms with Gasteiger partial charge in [-0.2, -0.15) is 5.10 Å². The van der Waals surface area contributed by atoms with Gasteiger partial charge in [0.1, 0.15) is 11.3 Å². The van der Waals surface area contributed by atoms with E-state index in [1.807, 2.05) is 43.7 Å². The lowest BCUT2D eigenvalue weighted by molar-refractivity contribution is 0.413. The van der Waals surface area contributed by atoms with Crippen molar-refractivity contribution in [3.05, 3.63) is 29.5 Å². The number of hydrogen-bond acceptors (Lipinski definition) is 4. The molecule has 2 aromatic heterocycles. The van der Waals surface area contributed by atoms with Crippen molar-refractivity contribution in [1.29, 1.82) is 0 Å². The molecule has 0 unspecified atom stereocenters. The number of nitrogens with zero attached hydrogens (tertiary/aromatic N) is 4. The third kappa shape index (κ3) is 1.65. The van der Waals surface area contributed by atoms with Crippen molar-refractivity contribution in [1.82, 2.24) is 19.3 Å². The molecule has 0 radical (unpaired) electrons. The largest absolute Gasteiger partial charge is 0.495 e. The number of benzene rings is 1. The second-order valence-electron chi connectivity index (χ2n) is 4.86. The monoisotopic (exact) mass is 271 g/mol. The molecule has 6 nitrogen and oxygen atoms in total. The Morgan fingerprint density at radius 2 is 2.00 bits per heavy atom. The number of imidazole rings is 1. The molecular weight excluding hydrogens is 254 g/mol. The molecule has 20 heavy (non-hydrogen) atoms. The van der Waals surface area contributed by atoms with Gasteiger partial charge in [0.25, 0.3) is 0 Å². The Bertz CT molecular complexity index is 800. The second kappa shape index (κ2) is 4.26. The van der Waals surface area contributed by atoms with Crippen molar-refractivity contribution in [2.45, 2.75) is 13.8 Å². The second-order valence-corrected chi connectivity index (χ2v) is 4.86. The van der Waals surface area contributed by atoms with Crippen LogP contribution in [0.3, 0.4) is 0 Å². The average molecular weight is 271 g/mol. The molecule has 3 aromatic rings. The van der Waals surface area contributed by atoms with Crippen LogP contribution in [0, 0.1) is 13.8 Å². The van der Waals surface area contributed by atoms with Crippen LogP contribution < -0.4 is 10.5 Å². The summed E-state index contributed by atoms with van der Waals surface area (Å²) in [5.41, 5.74) is 10.6. The van der Waals surface area contributed by atoms with Crippen LogP contribution in [-0.2, 0) is 7.05 Å². The maximum atomic E-state index is 6.10. The summed E-state index contributed by atoms with van der Waals surface area (Å²) in [6.07, 6.45) is 0. The van der Waals surface area contributed by atoms with Crippen molar-refractivity contribution in [2.75, 3.05) is 12.8 Å². The Balaban J connectivity index is 2.40. The van der Waals surface area contributed by atoms with Crippen LogP contribution in [0.4, 0.5) is 5.95 Å². The average Bonchev–Trinajstić information content (AvgIpc) is 2.88. The summed E-state index contributed by atoms with van der Waals surface area (Å²) in [5.74, 6) is 1.18. The molecule has 3 rings (SSSR count). The van der Waals surface area contributed by atoms with E-state index in [9.17, 15) is 0 Å². The summed E-state index contributed by atoms with van der Waals surface area (Å²) >= 11 is 0. The van der Waals surface area contributed by atoms with E-state index in [0.717, 1.165) is 33.9 Å². The summed E-state index contributed by atoms with van der Waals surface area (Å²) in [6.45, 7) is 3.95. The van der Waals surface area contributed by atoms with Crippen molar-refractivity contribution in [2.24, 2.45) is 7.05 Å². The van der Waals surface area contributed by atoms with E-state index in [4.69, 9.17) is 10.5 Å². The molecule has 0 amide bonds. The third-order valence-electron chi connectivity index (χ3n) is 3.40. The predicted octanol–water partition coefficient (Wildman–Crippen LogP) is 1.97. The van der Waals surface area contributed by atoms with Crippen molar-refractivity contribution in [3.63, 3.8) is 0 Å². The zero-order valence-corrected chi connectivity index (χ0v) is 12.0. The minimum Gasteiger partial charge on any atom is -0.495 e. The number of ether oxygens (including phenoxy) is 1. The predicted molar refractivity (Wildman–Crippen MR) is 78.3 cm³/mol. The first-order chi connectivity index (χ1) is 9.52. The van der Waals surface area contributed by atoms with Gasteiger partial charge in [-0.15, -0.1) is 0 Å². The molecule has 0 saturated heterocycles. The molecule has 0 saturated carbocycles. The first-order valence-electron chi connectivity index (χ1n) is 6.35. The summed E-state index contributed by atoms with van der Waals surface area (Å²) in [7, 11) is 3.53. The molecule has 0 aliphatic heterocycles. The number of methoxy groups -OCH3 is 1. The first kappa shape index (κ1) is 12.5. The Labute approximate surface area is 116 Å². The Hall–Kier alpha value is -2.50. The number of nitrogens with two attached hydrogens (primary N) is 1. The number of nitrogen functional groups attached to an aromatic ring is 1. The lowest BCUT2D eigenvalue weighted by atomic mass is 10.2. The topological polar surface area (TPSA) is 70.9 Å². The Morgan fingerprint density at radius 1 is 1.25 bits per heavy atom. The fourth-order valence-corrected chi connectivity index (χ4v) is 2.50. The summed E-state index contributed by atoms with van der Waals surface area (Å²) in [5, 5.41) is 4.39. The first-order valence-corrected chi connectivity index (χ1v) is 6.35. The molecule has 0 spiro atoms. The third-order valence-corrected chi connectivity index (χ3v) is 3.40. The van der Waals surface area contributed by atoms with Crippen molar-refractivity contribution in [3.8, 4) is 11.4 Å². The van der Waals surface area contributed by atoms with E-state index < -0.39 is 0 Å². The molecule has 2 N–H and O–H groups in total. The number of rotatable bonds is 2. The van der Waals surface area contributed by atoms with E-state index in [2.05, 4.69) is 10.1 Å². The lowest BCUT2D eigenvalue weighted by Crippen LogP contribution is -2.06. The van der Waals surface area contributed by atoms with E-state index in [1.165, 1.54) is 0 Å². The molecule has 104 valence electrons. The lowest BCUT2D eigenvalue weighted by Gasteiger charge is -2.12. The highest BCUT2D eigenvalue weighted by Gasteiger charge is 2.19. The minimum atomic E-state index is 0.431. The van der Waals surface area contributed by atoms with E-state index in [0.29, 0.717) is 5.95 Å². The minimum absolute atomic E-state index is 0.431. The molecule has 0 fully saturated rings. The molecule has 0 aliphatic rings. The molecule has 0 bridgehead atoms. The van der Waals surface area contributed by atoms with Crippen LogP contribution in [-0.4, -0.2) is 26.4 Å². The van der Waals surface area contributed by atoms with Gasteiger partial charge in [-0.3, -0.25) is 4.57 Å². The number of fused-ring (bicyclic) bond motifs is 1. The zero-order valence-electron chi connectivity index (χ0n) is 12.0. The van der Waals surface area contributed by atoms with Crippen molar-refractivity contribution < 1.29 is 4.74 Å². The highest BCUT2D eigenvalue weighted by molar-refractivity contribution is 5.80. The Kier molecular flexibility index (Phi) is 2.67. The van der Waals surface area contributed by atoms with Crippen molar-refractivity contribution >= 4 is 17.1 Å². The van der Waals surface area contributed by atoms with Crippen LogP contribution >= 0.6 is 0 Å². The Morgan fingerprint density at radius 3 is 2.70 bits per heavy atom. The fraction of sp³-hybridized carbons (Fsp3) is 0.286. The molecule has 0 atom stereocenters. The van der Waals surface area contributed by atoms with E-state index >= 15 is 0 Å². The summed E-state index contributed by atoms with van der Waals surface area (Å²) < 4.78 is 9.10. The van der Waals surface area contributed by atoms with Crippen LogP contribution in [0.5, 0.6) is 5.75 Å². The smallest absolute Gasteiger partial charge is 0.207 e. The van der Waals surface area contributed by atoms with Gasteiger partial charge < -0.3 is 10.5 Å². The van der Waals surface area contributed by atoms with Gasteiger partial charge in [0.2, 0.25) is 5.95 Å². The number of hydrogen-bond donors (Lipinski definition) is 1. The van der Waals surface area contributed by atoms with E-state index in [-0.39, 0.29) is 0 Å². The normalized spacial score (nSPS) is 11.2. The number of anilines is 1. The van der Waals surface area contributed by atoms with Gasteiger partial charge in [0.15, 0.2) is 5.65 Å². The molecule has 6 heteroatoms. The zero-order chi connectivity index (χ0) is 14.4. The van der Waals surface area contributed by atoms with Gasteiger partial charge in [-0.05, 0) is 31.5 Å². The van der Waals surface area contributed by atoms with Crippen LogP contribution in [0.2, 0.25) is 0 Å². The summed E-state index contributed by atoms with van der Waals surface area (Å²) in [6, 6.07) is 5.96. The maximum absolute atomic E-state index is 6.10. The van der Waals surface area contributed by atoms with Gasteiger partial charge in [0, 0.05) is 7.05 Å². The quantitative estimate of drug-likeness (QED) is 0.773. The van der Waals surface area contributed by atoms with Gasteiger partial charge >= 0.3 is 0 Å². The molecule has 2 heterocycles. The van der Waals surface area contributed by atoms with Crippen LogP contribution in [0.15, 0.2) is 18.2 Å². The SMILES string of the molecule is COc1ccc(C)cc1-n1c(N)nc2c(C)nn(C)c21. The van der Waals surface area contributed by atoms with Gasteiger partial charge in [-0.1, -0.05) is 6.07 Å². The molecule has 0 aliphatic carbocycles. The highest BCUT2D eigenvalue weighted by atomic mass is 16.5. The molecule has 1 aromatic carbocycles. The number of aryl methyl sites for hydroxylation is 3.